The van der Waals surface area contributed by atoms with E-state index < -0.39 is 98.3 Å². The van der Waals surface area contributed by atoms with Crippen molar-refractivity contribution in [3.63, 3.8) is 0 Å². The predicted octanol–water partition coefficient (Wildman–Crippen LogP) is -1.79. The van der Waals surface area contributed by atoms with Gasteiger partial charge in [-0.1, -0.05) is 28.9 Å². The standard InChI is InChI=1S/C33H59N5O10/c1-16(2)7-5-8-17(3)9-6-10-18(4)11-12-38-14-21-26(41)27(42)24(37)32(45-21)47-30-19(34)13-20(35)31(29(30)44)48-33-28(43)23(36)25(40)22(15-39)46-33/h7,9,11-12,19-33,39-44H,5-6,8,10,13-15,34-37H2,1-4H3/b17-9+,18-11+,38-12?. The van der Waals surface area contributed by atoms with Gasteiger partial charge in [0.15, 0.2) is 12.6 Å². The van der Waals surface area contributed by atoms with Crippen molar-refractivity contribution in [3.05, 3.63) is 34.9 Å². The van der Waals surface area contributed by atoms with E-state index in [1.807, 2.05) is 13.0 Å². The Hall–Kier alpha value is -1.67. The average Bonchev–Trinajstić information content (AvgIpc) is 3.03. The molecule has 0 amide bonds. The predicted molar refractivity (Wildman–Crippen MR) is 179 cm³/mol. The van der Waals surface area contributed by atoms with Gasteiger partial charge in [-0.15, -0.1) is 0 Å². The molecule has 14 N–H and O–H groups in total. The molecule has 2 saturated heterocycles. The van der Waals surface area contributed by atoms with Crippen molar-refractivity contribution in [1.82, 2.24) is 0 Å². The van der Waals surface area contributed by atoms with Crippen LogP contribution in [0.1, 0.15) is 59.8 Å². The average molecular weight is 686 g/mol. The Morgan fingerprint density at radius 1 is 0.708 bits per heavy atom. The zero-order valence-electron chi connectivity index (χ0n) is 28.5. The van der Waals surface area contributed by atoms with E-state index in [9.17, 15) is 30.6 Å². The van der Waals surface area contributed by atoms with Crippen LogP contribution in [0.25, 0.3) is 0 Å². The van der Waals surface area contributed by atoms with Crippen LogP contribution in [-0.2, 0) is 18.9 Å². The molecule has 15 nitrogen and oxygen atoms in total. The third kappa shape index (κ3) is 10.9. The largest absolute Gasteiger partial charge is 0.394 e. The third-order valence-electron chi connectivity index (χ3n) is 9.20. The van der Waals surface area contributed by atoms with Crippen molar-refractivity contribution in [2.24, 2.45) is 27.9 Å². The summed E-state index contributed by atoms with van der Waals surface area (Å²) in [6.45, 7) is 7.78. The van der Waals surface area contributed by atoms with Gasteiger partial charge >= 0.3 is 0 Å². The molecular formula is C33H59N5O10. The molecule has 2 heterocycles. The van der Waals surface area contributed by atoms with E-state index in [0.29, 0.717) is 0 Å². The summed E-state index contributed by atoms with van der Waals surface area (Å²) in [4.78, 5) is 4.37. The van der Waals surface area contributed by atoms with E-state index >= 15 is 0 Å². The topological polar surface area (TPSA) is 275 Å². The molecule has 2 aliphatic heterocycles. The molecule has 0 bridgehead atoms. The molecular weight excluding hydrogens is 626 g/mol. The van der Waals surface area contributed by atoms with Crippen molar-refractivity contribution in [2.45, 2.75) is 151 Å². The molecule has 0 aromatic rings. The van der Waals surface area contributed by atoms with E-state index in [1.165, 1.54) is 11.1 Å². The quantitative estimate of drug-likeness (QED) is 0.0714. The smallest absolute Gasteiger partial charge is 0.186 e. The van der Waals surface area contributed by atoms with E-state index in [1.54, 1.807) is 6.21 Å². The molecule has 276 valence electrons. The lowest BCUT2D eigenvalue weighted by Crippen LogP contribution is -2.69. The molecule has 0 aromatic carbocycles. The number of nitrogens with zero attached hydrogens (tertiary/aromatic N) is 1. The SMILES string of the molecule is CC(C)=CCC/C(C)=C/CC/C(C)=C/C=NCC1OC(OC2C(N)CC(N)C(OC3OC(CO)C(O)C(N)C3O)C2O)C(N)C(O)C1O. The number of nitrogens with two attached hydrogens (primary N) is 4. The van der Waals surface area contributed by atoms with Gasteiger partial charge in [-0.3, -0.25) is 4.99 Å². The second-order valence-corrected chi connectivity index (χ2v) is 13.6. The molecule has 15 heteroatoms. The van der Waals surface area contributed by atoms with Crippen molar-refractivity contribution in [1.29, 1.82) is 0 Å². The maximum absolute atomic E-state index is 11.3. The minimum absolute atomic E-state index is 0.00286. The third-order valence-corrected chi connectivity index (χ3v) is 9.20. The Labute approximate surface area is 283 Å². The van der Waals surface area contributed by atoms with E-state index in [0.717, 1.165) is 31.3 Å². The second-order valence-electron chi connectivity index (χ2n) is 13.6. The minimum atomic E-state index is -1.49. The van der Waals surface area contributed by atoms with Gasteiger partial charge in [-0.05, 0) is 65.9 Å². The Morgan fingerprint density at radius 2 is 1.29 bits per heavy atom. The van der Waals surface area contributed by atoms with Crippen molar-refractivity contribution < 1.29 is 49.6 Å². The van der Waals surface area contributed by atoms with Gasteiger partial charge in [0.1, 0.15) is 54.9 Å². The van der Waals surface area contributed by atoms with Gasteiger partial charge in [0.25, 0.3) is 0 Å². The van der Waals surface area contributed by atoms with E-state index in [4.69, 9.17) is 41.9 Å². The van der Waals surface area contributed by atoms with Gasteiger partial charge < -0.3 is 72.5 Å². The Kier molecular flexibility index (Phi) is 16.2. The van der Waals surface area contributed by atoms with Crippen LogP contribution in [0.4, 0.5) is 0 Å². The van der Waals surface area contributed by atoms with Crippen LogP contribution in [0, 0.1) is 0 Å². The fourth-order valence-electron chi connectivity index (χ4n) is 6.07. The summed E-state index contributed by atoms with van der Waals surface area (Å²) in [6, 6.07) is -4.01. The molecule has 3 aliphatic rings. The lowest BCUT2D eigenvalue weighted by molar-refractivity contribution is -0.318. The number of aliphatic imine (C=N–C) groups is 1. The normalized spacial score (nSPS) is 41.5. The fraction of sp³-hybridized carbons (Fsp3) is 0.788. The van der Waals surface area contributed by atoms with Crippen LogP contribution in [0.2, 0.25) is 0 Å². The van der Waals surface area contributed by atoms with Gasteiger partial charge in [-0.25, -0.2) is 0 Å². The Bertz CT molecular complexity index is 1120. The number of rotatable bonds is 14. The Balaban J connectivity index is 1.59. The molecule has 0 spiro atoms. The number of hydrogen-bond donors (Lipinski definition) is 10. The molecule has 1 aliphatic carbocycles. The van der Waals surface area contributed by atoms with E-state index in [2.05, 4.69) is 37.9 Å². The summed E-state index contributed by atoms with van der Waals surface area (Å²) in [5.74, 6) is 0. The monoisotopic (exact) mass is 685 g/mol. The first kappa shape index (κ1) is 40.8. The summed E-state index contributed by atoms with van der Waals surface area (Å²) in [6.07, 6.45) is -2.22. The fourth-order valence-corrected chi connectivity index (χ4v) is 6.07. The molecule has 48 heavy (non-hydrogen) atoms. The van der Waals surface area contributed by atoms with Gasteiger partial charge in [0.05, 0.1) is 25.2 Å². The van der Waals surface area contributed by atoms with Gasteiger partial charge in [0.2, 0.25) is 0 Å². The molecule has 1 saturated carbocycles. The van der Waals surface area contributed by atoms with E-state index in [-0.39, 0.29) is 13.0 Å². The minimum Gasteiger partial charge on any atom is -0.394 e. The van der Waals surface area contributed by atoms with Crippen molar-refractivity contribution in [2.75, 3.05) is 13.2 Å². The molecule has 15 unspecified atom stereocenters. The van der Waals surface area contributed by atoms with Crippen LogP contribution >= 0.6 is 0 Å². The number of hydrogen-bond acceptors (Lipinski definition) is 15. The van der Waals surface area contributed by atoms with Crippen molar-refractivity contribution >= 4 is 6.21 Å². The zero-order valence-corrected chi connectivity index (χ0v) is 28.5. The van der Waals surface area contributed by atoms with Crippen molar-refractivity contribution in [3.8, 4) is 0 Å². The lowest BCUT2D eigenvalue weighted by atomic mass is 9.84. The van der Waals surface area contributed by atoms with Crippen LogP contribution in [0.5, 0.6) is 0 Å². The Morgan fingerprint density at radius 3 is 1.92 bits per heavy atom. The highest BCUT2D eigenvalue weighted by Crippen LogP contribution is 2.31. The maximum Gasteiger partial charge on any atom is 0.186 e. The first-order valence-electron chi connectivity index (χ1n) is 16.8. The highest BCUT2D eigenvalue weighted by atomic mass is 16.7. The molecule has 0 aromatic heterocycles. The summed E-state index contributed by atoms with van der Waals surface area (Å²) in [7, 11) is 0. The summed E-state index contributed by atoms with van der Waals surface area (Å²) in [5, 5.41) is 62.9. The number of aliphatic hydroxyl groups is 6. The van der Waals surface area contributed by atoms with Gasteiger partial charge in [0, 0.05) is 18.3 Å². The molecule has 3 fully saturated rings. The highest BCUT2D eigenvalue weighted by Gasteiger charge is 2.51. The summed E-state index contributed by atoms with van der Waals surface area (Å²) < 4.78 is 23.3. The maximum atomic E-state index is 11.3. The highest BCUT2D eigenvalue weighted by molar-refractivity contribution is 5.72. The van der Waals surface area contributed by atoms with Crippen LogP contribution in [0.15, 0.2) is 39.9 Å². The van der Waals surface area contributed by atoms with Crippen LogP contribution in [-0.4, -0.2) is 142 Å². The zero-order chi connectivity index (χ0) is 35.7. The summed E-state index contributed by atoms with van der Waals surface area (Å²) in [5.41, 5.74) is 28.4. The van der Waals surface area contributed by atoms with Crippen LogP contribution in [0.3, 0.4) is 0 Å². The molecule has 3 rings (SSSR count). The number of allylic oxidation sites excluding steroid dienone is 6. The summed E-state index contributed by atoms with van der Waals surface area (Å²) >= 11 is 0. The number of aliphatic hydroxyl groups excluding tert-OH is 6. The first-order valence-corrected chi connectivity index (χ1v) is 16.8. The number of ether oxygens (including phenoxy) is 4. The van der Waals surface area contributed by atoms with Gasteiger partial charge in [-0.2, -0.15) is 0 Å². The molecule has 0 radical (unpaired) electrons. The second kappa shape index (κ2) is 19.1. The lowest BCUT2D eigenvalue weighted by Gasteiger charge is -2.48. The molecule has 15 atom stereocenters. The first-order chi connectivity index (χ1) is 22.7. The van der Waals surface area contributed by atoms with Crippen LogP contribution < -0.4 is 22.9 Å².